The molecule has 2 aromatic rings. The third-order valence-corrected chi connectivity index (χ3v) is 4.75. The Morgan fingerprint density at radius 2 is 1.38 bits per heavy atom. The van der Waals surface area contributed by atoms with E-state index in [1.807, 2.05) is 18.2 Å². The van der Waals surface area contributed by atoms with Crippen molar-refractivity contribution >= 4 is 17.5 Å². The number of rotatable bonds is 3. The standard InChI is InChI=1S/C20H19NO3/c22-19-15-10-4-5-11-16(15)20(23)21(19)17-12-6-7-13-18(17)24-14-8-2-1-3-9-14/h4-7,10-14H,1-3,8-9H2. The highest BCUT2D eigenvalue weighted by atomic mass is 16.5. The summed E-state index contributed by atoms with van der Waals surface area (Å²) < 4.78 is 6.15. The van der Waals surface area contributed by atoms with Gasteiger partial charge in [-0.05, 0) is 49.9 Å². The zero-order chi connectivity index (χ0) is 16.5. The molecule has 24 heavy (non-hydrogen) atoms. The monoisotopic (exact) mass is 321 g/mol. The van der Waals surface area contributed by atoms with Gasteiger partial charge in [0.2, 0.25) is 0 Å². The summed E-state index contributed by atoms with van der Waals surface area (Å²) in [4.78, 5) is 26.6. The number of nitrogens with zero attached hydrogens (tertiary/aromatic N) is 1. The molecule has 0 bridgehead atoms. The van der Waals surface area contributed by atoms with Crippen molar-refractivity contribution in [3.8, 4) is 5.75 Å². The van der Waals surface area contributed by atoms with E-state index in [-0.39, 0.29) is 17.9 Å². The van der Waals surface area contributed by atoms with E-state index in [9.17, 15) is 9.59 Å². The number of amides is 2. The Morgan fingerprint density at radius 1 is 0.792 bits per heavy atom. The van der Waals surface area contributed by atoms with Crippen LogP contribution in [-0.2, 0) is 0 Å². The SMILES string of the molecule is O=C1c2ccccc2C(=O)N1c1ccccc1OC1CCCCC1. The van der Waals surface area contributed by atoms with Gasteiger partial charge in [0, 0.05) is 0 Å². The van der Waals surface area contributed by atoms with Gasteiger partial charge in [-0.1, -0.05) is 30.7 Å². The number of hydrogen-bond donors (Lipinski definition) is 0. The molecule has 0 atom stereocenters. The number of carbonyl (C=O) groups is 2. The maximum Gasteiger partial charge on any atom is 0.266 e. The van der Waals surface area contributed by atoms with Gasteiger partial charge in [-0.3, -0.25) is 9.59 Å². The number of fused-ring (bicyclic) bond motifs is 1. The topological polar surface area (TPSA) is 46.6 Å². The van der Waals surface area contributed by atoms with Gasteiger partial charge < -0.3 is 4.74 Å². The van der Waals surface area contributed by atoms with Crippen molar-refractivity contribution in [2.24, 2.45) is 0 Å². The largest absolute Gasteiger partial charge is 0.488 e. The van der Waals surface area contributed by atoms with Gasteiger partial charge >= 0.3 is 0 Å². The molecule has 1 heterocycles. The van der Waals surface area contributed by atoms with E-state index in [4.69, 9.17) is 4.74 Å². The van der Waals surface area contributed by atoms with Crippen LogP contribution in [0.3, 0.4) is 0 Å². The lowest BCUT2D eigenvalue weighted by atomic mass is 9.98. The molecule has 0 radical (unpaired) electrons. The van der Waals surface area contributed by atoms with E-state index in [1.54, 1.807) is 30.3 Å². The van der Waals surface area contributed by atoms with Crippen molar-refractivity contribution in [2.45, 2.75) is 38.2 Å². The first-order chi connectivity index (χ1) is 11.8. The minimum atomic E-state index is -0.282. The smallest absolute Gasteiger partial charge is 0.266 e. The second kappa shape index (κ2) is 6.11. The molecule has 1 saturated carbocycles. The molecular formula is C20H19NO3. The summed E-state index contributed by atoms with van der Waals surface area (Å²) in [5.74, 6) is 0.0458. The lowest BCUT2D eigenvalue weighted by Crippen LogP contribution is -2.30. The number of ether oxygens (including phenoxy) is 1. The van der Waals surface area contributed by atoms with Crippen molar-refractivity contribution in [3.63, 3.8) is 0 Å². The van der Waals surface area contributed by atoms with Crippen molar-refractivity contribution < 1.29 is 14.3 Å². The Morgan fingerprint density at radius 3 is 2.04 bits per heavy atom. The van der Waals surface area contributed by atoms with E-state index in [0.717, 1.165) is 12.8 Å². The van der Waals surface area contributed by atoms with Crippen LogP contribution in [0.4, 0.5) is 5.69 Å². The van der Waals surface area contributed by atoms with Crippen LogP contribution in [0.15, 0.2) is 48.5 Å². The molecule has 1 aliphatic heterocycles. The van der Waals surface area contributed by atoms with E-state index in [0.29, 0.717) is 22.6 Å². The predicted molar refractivity (Wildman–Crippen MR) is 91.5 cm³/mol. The van der Waals surface area contributed by atoms with E-state index >= 15 is 0 Å². The zero-order valence-corrected chi connectivity index (χ0v) is 13.4. The molecule has 0 N–H and O–H groups in total. The van der Waals surface area contributed by atoms with Gasteiger partial charge in [-0.25, -0.2) is 4.90 Å². The molecule has 4 heteroatoms. The first-order valence-corrected chi connectivity index (χ1v) is 8.49. The second-order valence-electron chi connectivity index (χ2n) is 6.34. The average molecular weight is 321 g/mol. The highest BCUT2D eigenvalue weighted by Crippen LogP contribution is 2.36. The van der Waals surface area contributed by atoms with Crippen LogP contribution in [0.2, 0.25) is 0 Å². The van der Waals surface area contributed by atoms with E-state index in [2.05, 4.69) is 0 Å². The molecule has 122 valence electrons. The Kier molecular flexibility index (Phi) is 3.81. The number of anilines is 1. The van der Waals surface area contributed by atoms with Crippen LogP contribution in [0.5, 0.6) is 5.75 Å². The fraction of sp³-hybridized carbons (Fsp3) is 0.300. The maximum atomic E-state index is 12.7. The molecular weight excluding hydrogens is 302 g/mol. The van der Waals surface area contributed by atoms with Crippen LogP contribution >= 0.6 is 0 Å². The molecule has 0 spiro atoms. The fourth-order valence-electron chi connectivity index (χ4n) is 3.51. The number of benzene rings is 2. The molecule has 0 saturated heterocycles. The Labute approximate surface area is 141 Å². The predicted octanol–water partition coefficient (Wildman–Crippen LogP) is 4.20. The average Bonchev–Trinajstić information content (AvgIpc) is 2.88. The second-order valence-corrected chi connectivity index (χ2v) is 6.34. The first kappa shape index (κ1) is 14.9. The molecule has 0 aromatic heterocycles. The van der Waals surface area contributed by atoms with Gasteiger partial charge in [0.15, 0.2) is 0 Å². The highest BCUT2D eigenvalue weighted by molar-refractivity contribution is 6.34. The molecule has 2 aliphatic rings. The zero-order valence-electron chi connectivity index (χ0n) is 13.4. The van der Waals surface area contributed by atoms with Crippen LogP contribution in [0, 0.1) is 0 Å². The van der Waals surface area contributed by atoms with Crippen LogP contribution < -0.4 is 9.64 Å². The molecule has 1 fully saturated rings. The Balaban J connectivity index is 1.68. The molecule has 4 nitrogen and oxygen atoms in total. The third-order valence-electron chi connectivity index (χ3n) is 4.75. The normalized spacial score (nSPS) is 17.9. The lowest BCUT2D eigenvalue weighted by molar-refractivity contribution is 0.0922. The van der Waals surface area contributed by atoms with Gasteiger partial charge in [0.05, 0.1) is 22.9 Å². The van der Waals surface area contributed by atoms with Gasteiger partial charge in [-0.2, -0.15) is 0 Å². The summed E-state index contributed by atoms with van der Waals surface area (Å²) in [6, 6.07) is 14.3. The van der Waals surface area contributed by atoms with Crippen molar-refractivity contribution in [3.05, 3.63) is 59.7 Å². The van der Waals surface area contributed by atoms with Gasteiger partial charge in [-0.15, -0.1) is 0 Å². The highest BCUT2D eigenvalue weighted by Gasteiger charge is 2.37. The minimum absolute atomic E-state index is 0.162. The van der Waals surface area contributed by atoms with Crippen molar-refractivity contribution in [2.75, 3.05) is 4.90 Å². The van der Waals surface area contributed by atoms with Crippen LogP contribution in [0.1, 0.15) is 52.8 Å². The quantitative estimate of drug-likeness (QED) is 0.796. The van der Waals surface area contributed by atoms with Crippen LogP contribution in [-0.4, -0.2) is 17.9 Å². The molecule has 4 rings (SSSR count). The number of imide groups is 1. The maximum absolute atomic E-state index is 12.7. The molecule has 2 amide bonds. The fourth-order valence-corrected chi connectivity index (χ4v) is 3.51. The van der Waals surface area contributed by atoms with Gasteiger partial charge in [0.1, 0.15) is 5.75 Å². The lowest BCUT2D eigenvalue weighted by Gasteiger charge is -2.26. The number of carbonyl (C=O) groups excluding carboxylic acids is 2. The minimum Gasteiger partial charge on any atom is -0.488 e. The summed E-state index contributed by atoms with van der Waals surface area (Å²) in [6.45, 7) is 0. The number of para-hydroxylation sites is 2. The van der Waals surface area contributed by atoms with Crippen molar-refractivity contribution in [1.82, 2.24) is 0 Å². The third kappa shape index (κ3) is 2.48. The van der Waals surface area contributed by atoms with Gasteiger partial charge in [0.25, 0.3) is 11.8 Å². The van der Waals surface area contributed by atoms with Crippen molar-refractivity contribution in [1.29, 1.82) is 0 Å². The van der Waals surface area contributed by atoms with Crippen LogP contribution in [0.25, 0.3) is 0 Å². The summed E-state index contributed by atoms with van der Waals surface area (Å²) in [6.07, 6.45) is 5.79. The summed E-state index contributed by atoms with van der Waals surface area (Å²) in [5, 5.41) is 0. The number of hydrogen-bond acceptors (Lipinski definition) is 3. The molecule has 2 aromatic carbocycles. The Hall–Kier alpha value is -2.62. The van der Waals surface area contributed by atoms with E-state index in [1.165, 1.54) is 24.2 Å². The van der Waals surface area contributed by atoms with E-state index < -0.39 is 0 Å². The Bertz CT molecular complexity index is 758. The summed E-state index contributed by atoms with van der Waals surface area (Å²) in [7, 11) is 0. The summed E-state index contributed by atoms with van der Waals surface area (Å²) in [5.41, 5.74) is 1.44. The first-order valence-electron chi connectivity index (χ1n) is 8.49. The molecule has 0 unspecified atom stereocenters. The summed E-state index contributed by atoms with van der Waals surface area (Å²) >= 11 is 0. The molecule has 1 aliphatic carbocycles.